The molecular weight excluding hydrogens is 392 g/mol. The summed E-state index contributed by atoms with van der Waals surface area (Å²) in [5, 5.41) is 0. The molecule has 2 N–H and O–H groups in total. The van der Waals surface area contributed by atoms with Gasteiger partial charge < -0.3 is 18.8 Å². The van der Waals surface area contributed by atoms with Crippen LogP contribution in [-0.4, -0.2) is 29.9 Å². The van der Waals surface area contributed by atoms with Crippen LogP contribution in [0, 0.1) is 0 Å². The Morgan fingerprint density at radius 1 is 0.645 bits per heavy atom. The topological polar surface area (TPSA) is 109 Å². The van der Waals surface area contributed by atoms with Crippen molar-refractivity contribution in [2.24, 2.45) is 0 Å². The molecule has 0 atom stereocenters. The lowest BCUT2D eigenvalue weighted by atomic mass is 9.87. The van der Waals surface area contributed by atoms with Gasteiger partial charge in [0.15, 0.2) is 11.6 Å². The summed E-state index contributed by atoms with van der Waals surface area (Å²) in [6.45, 7) is 4.04. The number of benzene rings is 2. The van der Waals surface area contributed by atoms with E-state index in [2.05, 4.69) is 29.9 Å². The predicted molar refractivity (Wildman–Crippen MR) is 115 cm³/mol. The number of imidazole rings is 2. The molecule has 0 spiro atoms. The van der Waals surface area contributed by atoms with Crippen LogP contribution in [0.25, 0.3) is 45.5 Å². The molecule has 0 fully saturated rings. The van der Waals surface area contributed by atoms with Crippen molar-refractivity contribution in [1.82, 2.24) is 29.9 Å². The van der Waals surface area contributed by atoms with Crippen molar-refractivity contribution in [3.63, 3.8) is 0 Å². The minimum absolute atomic E-state index is 0.431. The van der Waals surface area contributed by atoms with E-state index in [-0.39, 0.29) is 0 Å². The van der Waals surface area contributed by atoms with Crippen LogP contribution >= 0.6 is 0 Å². The quantitative estimate of drug-likeness (QED) is 0.420. The fourth-order valence-corrected chi connectivity index (χ4v) is 3.58. The summed E-state index contributed by atoms with van der Waals surface area (Å²) in [6.07, 6.45) is 3.27. The highest BCUT2D eigenvalue weighted by Crippen LogP contribution is 2.33. The number of oxazole rings is 2. The molecular formula is C23H18N6O2. The van der Waals surface area contributed by atoms with Crippen molar-refractivity contribution in [1.29, 1.82) is 0 Å². The molecule has 0 radical (unpaired) electrons. The van der Waals surface area contributed by atoms with E-state index in [0.717, 1.165) is 33.5 Å². The molecule has 0 bridgehead atoms. The molecule has 0 aliphatic heterocycles. The fourth-order valence-electron chi connectivity index (χ4n) is 3.58. The molecule has 152 valence electrons. The van der Waals surface area contributed by atoms with Crippen LogP contribution in [0.4, 0.5) is 0 Å². The maximum absolute atomic E-state index is 5.74. The first kappa shape index (κ1) is 17.6. The van der Waals surface area contributed by atoms with E-state index in [1.807, 2.05) is 62.4 Å². The van der Waals surface area contributed by atoms with Crippen LogP contribution in [-0.2, 0) is 5.41 Å². The third-order valence-electron chi connectivity index (χ3n) is 5.47. The van der Waals surface area contributed by atoms with E-state index in [4.69, 9.17) is 8.83 Å². The Balaban J connectivity index is 1.33. The van der Waals surface area contributed by atoms with E-state index in [9.17, 15) is 0 Å². The Kier molecular flexibility index (Phi) is 3.64. The van der Waals surface area contributed by atoms with Crippen molar-refractivity contribution in [3.8, 4) is 23.4 Å². The monoisotopic (exact) mass is 410 g/mol. The highest BCUT2D eigenvalue weighted by molar-refractivity contribution is 5.78. The molecule has 6 rings (SSSR count). The maximum atomic E-state index is 5.74. The standard InChI is InChI=1S/C23H18N6O2/c1-23(2,17-11-30-21(28-17)19-24-13-7-3-4-8-14(13)25-19)18-12-31-22(29-18)20-26-15-9-5-6-10-16(15)27-20/h3-12H,1-2H3,(H,24,25)(H,26,27). The summed E-state index contributed by atoms with van der Waals surface area (Å²) in [5.41, 5.74) is 4.51. The summed E-state index contributed by atoms with van der Waals surface area (Å²) in [5.74, 6) is 2.04. The number of aromatic nitrogens is 6. The Morgan fingerprint density at radius 2 is 1.10 bits per heavy atom. The number of nitrogens with zero attached hydrogens (tertiary/aromatic N) is 4. The van der Waals surface area contributed by atoms with Crippen LogP contribution in [0.5, 0.6) is 0 Å². The lowest BCUT2D eigenvalue weighted by molar-refractivity contribution is 0.543. The summed E-state index contributed by atoms with van der Waals surface area (Å²) >= 11 is 0. The molecule has 2 aromatic carbocycles. The third kappa shape index (κ3) is 2.83. The Labute approximate surface area is 176 Å². The van der Waals surface area contributed by atoms with Crippen LogP contribution in [0.2, 0.25) is 0 Å². The number of hydrogen-bond acceptors (Lipinski definition) is 6. The lowest BCUT2D eigenvalue weighted by Crippen LogP contribution is -2.20. The van der Waals surface area contributed by atoms with Crippen LogP contribution in [0.15, 0.2) is 69.9 Å². The van der Waals surface area contributed by atoms with Gasteiger partial charge in [-0.1, -0.05) is 24.3 Å². The lowest BCUT2D eigenvalue weighted by Gasteiger charge is -2.17. The maximum Gasteiger partial charge on any atom is 0.263 e. The summed E-state index contributed by atoms with van der Waals surface area (Å²) in [4.78, 5) is 24.9. The molecule has 4 aromatic heterocycles. The number of rotatable bonds is 4. The molecule has 8 nitrogen and oxygen atoms in total. The molecule has 0 amide bonds. The van der Waals surface area contributed by atoms with Gasteiger partial charge in [-0.05, 0) is 38.1 Å². The van der Waals surface area contributed by atoms with Crippen molar-refractivity contribution in [3.05, 3.63) is 72.4 Å². The second kappa shape index (κ2) is 6.40. The molecule has 0 aliphatic rings. The molecule has 8 heteroatoms. The SMILES string of the molecule is CC(C)(c1coc(-c2nc3ccccc3[nH]2)n1)c1coc(-c2nc3ccccc3[nH]2)n1. The second-order valence-corrected chi connectivity index (χ2v) is 7.91. The fraction of sp³-hybridized carbons (Fsp3) is 0.130. The molecule has 0 unspecified atom stereocenters. The van der Waals surface area contributed by atoms with Gasteiger partial charge in [-0.15, -0.1) is 0 Å². The summed E-state index contributed by atoms with van der Waals surface area (Å²) < 4.78 is 11.5. The molecule has 0 saturated carbocycles. The number of H-pyrrole nitrogens is 2. The Hall–Kier alpha value is -4.20. The average molecular weight is 410 g/mol. The van der Waals surface area contributed by atoms with Gasteiger partial charge in [-0.2, -0.15) is 0 Å². The van der Waals surface area contributed by atoms with Crippen molar-refractivity contribution in [2.75, 3.05) is 0 Å². The highest BCUT2D eigenvalue weighted by atomic mass is 16.3. The Bertz CT molecular complexity index is 1350. The summed E-state index contributed by atoms with van der Waals surface area (Å²) in [6, 6.07) is 15.6. The first-order valence-electron chi connectivity index (χ1n) is 9.90. The van der Waals surface area contributed by atoms with Crippen molar-refractivity contribution >= 4 is 22.1 Å². The number of fused-ring (bicyclic) bond motifs is 2. The van der Waals surface area contributed by atoms with E-state index >= 15 is 0 Å². The normalized spacial score (nSPS) is 12.2. The van der Waals surface area contributed by atoms with Crippen LogP contribution in [0.3, 0.4) is 0 Å². The van der Waals surface area contributed by atoms with E-state index < -0.39 is 5.41 Å². The molecule has 0 saturated heterocycles. The first-order valence-corrected chi connectivity index (χ1v) is 9.90. The van der Waals surface area contributed by atoms with Crippen molar-refractivity contribution in [2.45, 2.75) is 19.3 Å². The third-order valence-corrected chi connectivity index (χ3v) is 5.47. The minimum Gasteiger partial charge on any atom is -0.442 e. The van der Waals surface area contributed by atoms with Crippen LogP contribution in [0.1, 0.15) is 25.2 Å². The van der Waals surface area contributed by atoms with Gasteiger partial charge in [0.2, 0.25) is 0 Å². The van der Waals surface area contributed by atoms with Gasteiger partial charge >= 0.3 is 0 Å². The van der Waals surface area contributed by atoms with Gasteiger partial charge in [0.1, 0.15) is 12.5 Å². The molecule has 31 heavy (non-hydrogen) atoms. The number of nitrogens with one attached hydrogen (secondary N) is 2. The minimum atomic E-state index is -0.540. The zero-order valence-electron chi connectivity index (χ0n) is 16.9. The van der Waals surface area contributed by atoms with Gasteiger partial charge in [-0.3, -0.25) is 0 Å². The average Bonchev–Trinajstić information content (AvgIpc) is 3.57. The number of para-hydroxylation sites is 4. The molecule has 0 aliphatic carbocycles. The van der Waals surface area contributed by atoms with E-state index in [0.29, 0.717) is 23.4 Å². The van der Waals surface area contributed by atoms with Gasteiger partial charge in [0.25, 0.3) is 11.8 Å². The van der Waals surface area contributed by atoms with E-state index in [1.54, 1.807) is 12.5 Å². The van der Waals surface area contributed by atoms with Gasteiger partial charge in [0.05, 0.1) is 38.9 Å². The second-order valence-electron chi connectivity index (χ2n) is 7.91. The highest BCUT2D eigenvalue weighted by Gasteiger charge is 2.31. The van der Waals surface area contributed by atoms with Crippen molar-refractivity contribution < 1.29 is 8.83 Å². The zero-order valence-corrected chi connectivity index (χ0v) is 16.9. The van der Waals surface area contributed by atoms with E-state index in [1.165, 1.54) is 0 Å². The summed E-state index contributed by atoms with van der Waals surface area (Å²) in [7, 11) is 0. The van der Waals surface area contributed by atoms with Gasteiger partial charge in [0, 0.05) is 0 Å². The molecule has 4 heterocycles. The zero-order chi connectivity index (χ0) is 21.0. The van der Waals surface area contributed by atoms with Gasteiger partial charge in [-0.25, -0.2) is 19.9 Å². The first-order chi connectivity index (χ1) is 15.1. The number of aromatic amines is 2. The predicted octanol–water partition coefficient (Wildman–Crippen LogP) is 5.08. The smallest absolute Gasteiger partial charge is 0.263 e. The number of hydrogen-bond donors (Lipinski definition) is 2. The molecule has 6 aromatic rings. The van der Waals surface area contributed by atoms with Crippen LogP contribution < -0.4 is 0 Å². The largest absolute Gasteiger partial charge is 0.442 e. The Morgan fingerprint density at radius 3 is 1.55 bits per heavy atom.